The molecule has 0 aliphatic rings. The molecular weight excluding hydrogens is 176 g/mol. The Morgan fingerprint density at radius 3 is 2.50 bits per heavy atom. The van der Waals surface area contributed by atoms with Gasteiger partial charge in [0, 0.05) is 5.03 Å². The van der Waals surface area contributed by atoms with Crippen LogP contribution < -0.4 is 0 Å². The molecule has 0 aliphatic carbocycles. The lowest BCUT2D eigenvalue weighted by Crippen LogP contribution is -2.07. The van der Waals surface area contributed by atoms with Crippen molar-refractivity contribution in [1.82, 2.24) is 0 Å². The highest BCUT2D eigenvalue weighted by molar-refractivity contribution is 6.34. The van der Waals surface area contributed by atoms with Crippen LogP contribution in [0.5, 0.6) is 0 Å². The molecule has 0 rings (SSSR count). The quantitative estimate of drug-likeness (QED) is 0.287. The molecule has 0 spiro atoms. The van der Waals surface area contributed by atoms with Gasteiger partial charge in [-0.1, -0.05) is 38.1 Å². The first-order valence-corrected chi connectivity index (χ1v) is 4.18. The fourth-order valence-corrected chi connectivity index (χ4v) is 0.584. The zero-order valence-corrected chi connectivity index (χ0v) is 7.99. The Hall–Kier alpha value is -0.760. The van der Waals surface area contributed by atoms with Gasteiger partial charge in [0.1, 0.15) is 0 Å². The molecule has 0 saturated heterocycles. The molecule has 0 aromatic heterocycles. The van der Waals surface area contributed by atoms with Crippen molar-refractivity contribution in [3.05, 3.63) is 23.8 Å². The molecular formula is C9H13ClO2. The molecule has 0 heterocycles. The molecule has 12 heavy (non-hydrogen) atoms. The van der Waals surface area contributed by atoms with Crippen molar-refractivity contribution in [2.45, 2.75) is 19.8 Å². The number of carbonyl (C=O) groups excluding carboxylic acids is 1. The molecule has 0 bridgehead atoms. The van der Waals surface area contributed by atoms with E-state index in [0.29, 0.717) is 6.61 Å². The van der Waals surface area contributed by atoms with E-state index in [0.717, 1.165) is 12.8 Å². The lowest BCUT2D eigenvalue weighted by Gasteiger charge is -2.03. The molecule has 0 radical (unpaired) electrons. The lowest BCUT2D eigenvalue weighted by molar-refractivity contribution is -0.138. The Bertz CT molecular complexity index is 197. The highest BCUT2D eigenvalue weighted by Crippen LogP contribution is 2.11. The maximum atomic E-state index is 11.0. The van der Waals surface area contributed by atoms with Gasteiger partial charge in [-0.05, 0) is 6.42 Å². The van der Waals surface area contributed by atoms with E-state index in [-0.39, 0.29) is 10.6 Å². The molecule has 2 nitrogen and oxygen atoms in total. The molecule has 0 unspecified atom stereocenters. The van der Waals surface area contributed by atoms with E-state index in [4.69, 9.17) is 16.3 Å². The van der Waals surface area contributed by atoms with Gasteiger partial charge in [-0.3, -0.25) is 0 Å². The van der Waals surface area contributed by atoms with Gasteiger partial charge in [-0.25, -0.2) is 4.79 Å². The maximum absolute atomic E-state index is 11.0. The van der Waals surface area contributed by atoms with Gasteiger partial charge >= 0.3 is 5.97 Å². The summed E-state index contributed by atoms with van der Waals surface area (Å²) in [6.07, 6.45) is 1.84. The standard InChI is InChI=1S/C9H13ClO2/c1-4-5-6-12-9(11)7(2)8(3)10/h2-6H2,1H3. The summed E-state index contributed by atoms with van der Waals surface area (Å²) >= 11 is 5.44. The van der Waals surface area contributed by atoms with Crippen LogP contribution in [0, 0.1) is 0 Å². The number of unbranched alkanes of at least 4 members (excludes halogenated alkanes) is 1. The molecule has 0 aliphatic heterocycles. The molecule has 0 amide bonds. The van der Waals surface area contributed by atoms with Crippen molar-refractivity contribution in [3.8, 4) is 0 Å². The van der Waals surface area contributed by atoms with Gasteiger partial charge in [0.25, 0.3) is 0 Å². The second kappa shape index (κ2) is 5.84. The first kappa shape index (κ1) is 11.2. The van der Waals surface area contributed by atoms with Crippen LogP contribution in [-0.4, -0.2) is 12.6 Å². The normalized spacial score (nSPS) is 9.17. The Labute approximate surface area is 77.9 Å². The summed E-state index contributed by atoms with van der Waals surface area (Å²) in [5, 5.41) is 0.136. The Balaban J connectivity index is 3.73. The number of esters is 1. The zero-order chi connectivity index (χ0) is 9.56. The fraction of sp³-hybridized carbons (Fsp3) is 0.444. The van der Waals surface area contributed by atoms with Crippen LogP contribution in [-0.2, 0) is 9.53 Å². The Morgan fingerprint density at radius 1 is 1.50 bits per heavy atom. The monoisotopic (exact) mass is 188 g/mol. The van der Waals surface area contributed by atoms with Crippen LogP contribution >= 0.6 is 11.6 Å². The van der Waals surface area contributed by atoms with Crippen molar-refractivity contribution in [3.63, 3.8) is 0 Å². The van der Waals surface area contributed by atoms with E-state index in [2.05, 4.69) is 13.2 Å². The number of ether oxygens (including phenoxy) is 1. The summed E-state index contributed by atoms with van der Waals surface area (Å²) in [5.74, 6) is -0.483. The maximum Gasteiger partial charge on any atom is 0.339 e. The molecule has 68 valence electrons. The second-order valence-corrected chi connectivity index (χ2v) is 2.83. The van der Waals surface area contributed by atoms with Crippen LogP contribution in [0.4, 0.5) is 0 Å². The minimum absolute atomic E-state index is 0.132. The number of hydrogen-bond acceptors (Lipinski definition) is 2. The minimum Gasteiger partial charge on any atom is -0.462 e. The smallest absolute Gasteiger partial charge is 0.339 e. The molecule has 0 aromatic carbocycles. The topological polar surface area (TPSA) is 26.3 Å². The summed E-state index contributed by atoms with van der Waals surface area (Å²) in [6, 6.07) is 0. The summed E-state index contributed by atoms with van der Waals surface area (Å²) < 4.78 is 4.82. The predicted octanol–water partition coefficient (Wildman–Crippen LogP) is 2.64. The van der Waals surface area contributed by atoms with Crippen LogP contribution in [0.1, 0.15) is 19.8 Å². The highest BCUT2D eigenvalue weighted by atomic mass is 35.5. The first-order chi connectivity index (χ1) is 5.59. The third kappa shape index (κ3) is 4.19. The van der Waals surface area contributed by atoms with E-state index < -0.39 is 5.97 Å². The van der Waals surface area contributed by atoms with Crippen LogP contribution in [0.15, 0.2) is 23.8 Å². The van der Waals surface area contributed by atoms with Gasteiger partial charge in [-0.15, -0.1) is 0 Å². The third-order valence-corrected chi connectivity index (χ3v) is 1.53. The highest BCUT2D eigenvalue weighted by Gasteiger charge is 2.09. The molecule has 0 fully saturated rings. The van der Waals surface area contributed by atoms with E-state index in [9.17, 15) is 4.79 Å². The SMILES string of the molecule is C=C(Cl)C(=C)C(=O)OCCCC. The van der Waals surface area contributed by atoms with Crippen LogP contribution in [0.25, 0.3) is 0 Å². The van der Waals surface area contributed by atoms with E-state index in [1.807, 2.05) is 6.92 Å². The molecule has 0 atom stereocenters. The average molecular weight is 189 g/mol. The Kier molecular flexibility index (Phi) is 5.47. The molecule has 3 heteroatoms. The van der Waals surface area contributed by atoms with Gasteiger partial charge in [0.05, 0.1) is 12.2 Å². The van der Waals surface area contributed by atoms with Crippen molar-refractivity contribution >= 4 is 17.6 Å². The minimum atomic E-state index is -0.483. The number of halogens is 1. The number of hydrogen-bond donors (Lipinski definition) is 0. The summed E-state index contributed by atoms with van der Waals surface area (Å²) in [6.45, 7) is 9.23. The van der Waals surface area contributed by atoms with E-state index in [1.54, 1.807) is 0 Å². The number of carbonyl (C=O) groups is 1. The lowest BCUT2D eigenvalue weighted by atomic mass is 10.3. The number of rotatable bonds is 5. The molecule has 0 N–H and O–H groups in total. The van der Waals surface area contributed by atoms with Crippen molar-refractivity contribution < 1.29 is 9.53 Å². The largest absolute Gasteiger partial charge is 0.462 e. The zero-order valence-electron chi connectivity index (χ0n) is 7.23. The summed E-state index contributed by atoms with van der Waals surface area (Å²) in [7, 11) is 0. The van der Waals surface area contributed by atoms with Crippen molar-refractivity contribution in [2.24, 2.45) is 0 Å². The van der Waals surface area contributed by atoms with Crippen LogP contribution in [0.2, 0.25) is 0 Å². The summed E-state index contributed by atoms with van der Waals surface area (Å²) in [4.78, 5) is 11.0. The average Bonchev–Trinajstić information content (AvgIpc) is 2.03. The van der Waals surface area contributed by atoms with Gasteiger partial charge in [-0.2, -0.15) is 0 Å². The first-order valence-electron chi connectivity index (χ1n) is 3.80. The van der Waals surface area contributed by atoms with Gasteiger partial charge in [0.2, 0.25) is 0 Å². The van der Waals surface area contributed by atoms with E-state index >= 15 is 0 Å². The molecule has 0 aromatic rings. The van der Waals surface area contributed by atoms with Gasteiger partial charge in [0.15, 0.2) is 0 Å². The molecule has 0 saturated carbocycles. The van der Waals surface area contributed by atoms with Crippen molar-refractivity contribution in [1.29, 1.82) is 0 Å². The Morgan fingerprint density at radius 2 is 2.08 bits per heavy atom. The fourth-order valence-electron chi connectivity index (χ4n) is 0.507. The predicted molar refractivity (Wildman–Crippen MR) is 50.0 cm³/mol. The van der Waals surface area contributed by atoms with Gasteiger partial charge < -0.3 is 4.74 Å². The second-order valence-electron chi connectivity index (χ2n) is 2.37. The van der Waals surface area contributed by atoms with Crippen LogP contribution in [0.3, 0.4) is 0 Å². The van der Waals surface area contributed by atoms with Crippen molar-refractivity contribution in [2.75, 3.05) is 6.61 Å². The van der Waals surface area contributed by atoms with E-state index in [1.165, 1.54) is 0 Å². The summed E-state index contributed by atoms with van der Waals surface area (Å²) in [5.41, 5.74) is 0.132. The third-order valence-electron chi connectivity index (χ3n) is 1.30.